The SMILES string of the molecule is C=CCn1c(SCc2ccc(C(=O)N3CCC4(CC3)OCCO4)o2)nc2sc3c(c2c1=O)CCCC3. The molecule has 3 aromatic rings. The van der Waals surface area contributed by atoms with Gasteiger partial charge in [-0.25, -0.2) is 4.98 Å². The lowest BCUT2D eigenvalue weighted by atomic mass is 9.97. The van der Waals surface area contributed by atoms with Crippen molar-refractivity contribution in [3.05, 3.63) is 57.1 Å². The molecular formula is C26H29N3O5S2. The number of allylic oxidation sites excluding steroid dienone is 1. The minimum atomic E-state index is -0.515. The summed E-state index contributed by atoms with van der Waals surface area (Å²) in [5.41, 5.74) is 1.20. The lowest BCUT2D eigenvalue weighted by molar-refractivity contribution is -0.181. The van der Waals surface area contributed by atoms with Crippen molar-refractivity contribution in [3.63, 3.8) is 0 Å². The number of nitrogens with zero attached hydrogens (tertiary/aromatic N) is 3. The smallest absolute Gasteiger partial charge is 0.289 e. The number of piperidine rings is 1. The second-order valence-corrected chi connectivity index (χ2v) is 11.5. The van der Waals surface area contributed by atoms with Gasteiger partial charge in [0.15, 0.2) is 16.7 Å². The van der Waals surface area contributed by atoms with Crippen LogP contribution < -0.4 is 5.56 Å². The Hall–Kier alpha value is -2.40. The van der Waals surface area contributed by atoms with Crippen LogP contribution in [0.4, 0.5) is 0 Å². The first-order chi connectivity index (χ1) is 17.6. The molecule has 3 aromatic heterocycles. The van der Waals surface area contributed by atoms with E-state index in [1.807, 2.05) is 6.07 Å². The van der Waals surface area contributed by atoms with Gasteiger partial charge in [-0.2, -0.15) is 0 Å². The molecule has 190 valence electrons. The number of aryl methyl sites for hydroxylation is 2. The fourth-order valence-electron chi connectivity index (χ4n) is 5.32. The summed E-state index contributed by atoms with van der Waals surface area (Å²) in [6.07, 6.45) is 7.34. The molecule has 2 aliphatic heterocycles. The molecule has 2 saturated heterocycles. The van der Waals surface area contributed by atoms with Crippen molar-refractivity contribution in [2.45, 2.75) is 61.8 Å². The summed E-state index contributed by atoms with van der Waals surface area (Å²) in [6.45, 7) is 6.62. The van der Waals surface area contributed by atoms with Crippen LogP contribution in [0.1, 0.15) is 52.4 Å². The Morgan fingerprint density at radius 2 is 1.97 bits per heavy atom. The van der Waals surface area contributed by atoms with E-state index in [0.29, 0.717) is 68.1 Å². The van der Waals surface area contributed by atoms with Crippen molar-refractivity contribution in [1.29, 1.82) is 0 Å². The van der Waals surface area contributed by atoms with Crippen LogP contribution in [-0.2, 0) is 34.6 Å². The van der Waals surface area contributed by atoms with Crippen molar-refractivity contribution < 1.29 is 18.7 Å². The van der Waals surface area contributed by atoms with E-state index in [-0.39, 0.29) is 11.5 Å². The Kier molecular flexibility index (Phi) is 6.53. The average Bonchev–Trinajstić information content (AvgIpc) is 3.63. The third kappa shape index (κ3) is 4.34. The zero-order valence-corrected chi connectivity index (χ0v) is 21.8. The minimum absolute atomic E-state index is 0.00945. The van der Waals surface area contributed by atoms with Gasteiger partial charge in [0.2, 0.25) is 0 Å². The molecule has 5 heterocycles. The first-order valence-corrected chi connectivity index (χ1v) is 14.3. The van der Waals surface area contributed by atoms with Gasteiger partial charge < -0.3 is 18.8 Å². The molecular weight excluding hydrogens is 498 g/mol. The quantitative estimate of drug-likeness (QED) is 0.267. The maximum absolute atomic E-state index is 13.4. The van der Waals surface area contributed by atoms with E-state index in [4.69, 9.17) is 18.9 Å². The van der Waals surface area contributed by atoms with Crippen LogP contribution in [0.2, 0.25) is 0 Å². The number of carbonyl (C=O) groups excluding carboxylic acids is 1. The summed E-state index contributed by atoms with van der Waals surface area (Å²) < 4.78 is 19.1. The summed E-state index contributed by atoms with van der Waals surface area (Å²) in [6, 6.07) is 3.55. The van der Waals surface area contributed by atoms with Crippen LogP contribution in [0, 0.1) is 0 Å². The third-order valence-corrected chi connectivity index (χ3v) is 9.38. The first kappa shape index (κ1) is 24.0. The molecule has 2 fully saturated rings. The number of furan rings is 1. The molecule has 6 rings (SSSR count). The van der Waals surface area contributed by atoms with Crippen molar-refractivity contribution >= 4 is 39.2 Å². The van der Waals surface area contributed by atoms with Crippen LogP contribution in [0.5, 0.6) is 0 Å². The van der Waals surface area contributed by atoms with Gasteiger partial charge in [-0.15, -0.1) is 17.9 Å². The normalized spacial score (nSPS) is 19.2. The predicted molar refractivity (Wildman–Crippen MR) is 139 cm³/mol. The van der Waals surface area contributed by atoms with Gasteiger partial charge in [0.05, 0.1) is 24.4 Å². The summed E-state index contributed by atoms with van der Waals surface area (Å²) in [5, 5.41) is 1.43. The van der Waals surface area contributed by atoms with Gasteiger partial charge in [0.1, 0.15) is 10.6 Å². The van der Waals surface area contributed by atoms with E-state index < -0.39 is 5.79 Å². The van der Waals surface area contributed by atoms with Gasteiger partial charge in [-0.3, -0.25) is 14.2 Å². The number of aromatic nitrogens is 2. The van der Waals surface area contributed by atoms with E-state index >= 15 is 0 Å². The van der Waals surface area contributed by atoms with E-state index in [1.165, 1.54) is 28.6 Å². The molecule has 1 aliphatic carbocycles. The Morgan fingerprint density at radius 1 is 1.19 bits per heavy atom. The lowest BCUT2D eigenvalue weighted by Crippen LogP contribution is -2.47. The molecule has 36 heavy (non-hydrogen) atoms. The molecule has 10 heteroatoms. The molecule has 0 N–H and O–H groups in total. The van der Waals surface area contributed by atoms with Gasteiger partial charge in [-0.05, 0) is 43.4 Å². The van der Waals surface area contributed by atoms with Crippen molar-refractivity contribution in [2.24, 2.45) is 0 Å². The number of thiophene rings is 1. The molecule has 0 radical (unpaired) electrons. The summed E-state index contributed by atoms with van der Waals surface area (Å²) >= 11 is 3.10. The molecule has 0 atom stereocenters. The summed E-state index contributed by atoms with van der Waals surface area (Å²) in [7, 11) is 0. The molecule has 0 saturated carbocycles. The number of likely N-dealkylation sites (tertiary alicyclic amines) is 1. The van der Waals surface area contributed by atoms with E-state index in [0.717, 1.165) is 29.5 Å². The summed E-state index contributed by atoms with van der Waals surface area (Å²) in [4.78, 5) is 35.2. The Labute approximate surface area is 217 Å². The number of fused-ring (bicyclic) bond motifs is 3. The van der Waals surface area contributed by atoms with Crippen LogP contribution in [0.3, 0.4) is 0 Å². The highest BCUT2D eigenvalue weighted by molar-refractivity contribution is 7.98. The topological polar surface area (TPSA) is 86.8 Å². The number of hydrogen-bond acceptors (Lipinski definition) is 8. The number of amides is 1. The Bertz CT molecular complexity index is 1360. The van der Waals surface area contributed by atoms with Crippen LogP contribution >= 0.6 is 23.1 Å². The Morgan fingerprint density at radius 3 is 2.75 bits per heavy atom. The predicted octanol–water partition coefficient (Wildman–Crippen LogP) is 4.39. The van der Waals surface area contributed by atoms with Gasteiger partial charge in [0.25, 0.3) is 11.5 Å². The largest absolute Gasteiger partial charge is 0.455 e. The second-order valence-electron chi connectivity index (χ2n) is 9.44. The van der Waals surface area contributed by atoms with E-state index in [2.05, 4.69) is 6.58 Å². The highest BCUT2D eigenvalue weighted by Gasteiger charge is 2.41. The number of ether oxygens (including phenoxy) is 2. The molecule has 8 nitrogen and oxygen atoms in total. The highest BCUT2D eigenvalue weighted by atomic mass is 32.2. The van der Waals surface area contributed by atoms with Gasteiger partial charge in [-0.1, -0.05) is 17.8 Å². The fourth-order valence-corrected chi connectivity index (χ4v) is 7.52. The maximum Gasteiger partial charge on any atom is 0.289 e. The van der Waals surface area contributed by atoms with E-state index in [1.54, 1.807) is 32.9 Å². The number of rotatable bonds is 6. The van der Waals surface area contributed by atoms with Crippen molar-refractivity contribution in [1.82, 2.24) is 14.5 Å². The number of thioether (sulfide) groups is 1. The average molecular weight is 528 g/mol. The minimum Gasteiger partial charge on any atom is -0.455 e. The molecule has 1 amide bonds. The second kappa shape index (κ2) is 9.81. The fraction of sp³-hybridized carbons (Fsp3) is 0.500. The molecule has 0 unspecified atom stereocenters. The standard InChI is InChI=1S/C26H29N3O5S2/c1-2-11-29-24(31)21-18-5-3-4-6-20(18)36-22(21)27-25(29)35-16-17-7-8-19(34-17)23(30)28-12-9-26(10-13-28)32-14-15-33-26/h2,7-8H,1,3-6,9-16H2. The van der Waals surface area contributed by atoms with E-state index in [9.17, 15) is 9.59 Å². The maximum atomic E-state index is 13.4. The van der Waals surface area contributed by atoms with Crippen LogP contribution in [-0.4, -0.2) is 52.4 Å². The number of hydrogen-bond donors (Lipinski definition) is 0. The van der Waals surface area contributed by atoms with Gasteiger partial charge in [0, 0.05) is 37.4 Å². The zero-order chi connectivity index (χ0) is 24.7. The third-order valence-electron chi connectivity index (χ3n) is 7.19. The first-order valence-electron chi connectivity index (χ1n) is 12.5. The monoisotopic (exact) mass is 527 g/mol. The van der Waals surface area contributed by atoms with Crippen LogP contribution in [0.25, 0.3) is 10.2 Å². The Balaban J connectivity index is 1.17. The van der Waals surface area contributed by atoms with Crippen molar-refractivity contribution in [3.8, 4) is 0 Å². The molecule has 3 aliphatic rings. The molecule has 1 spiro atoms. The summed E-state index contributed by atoms with van der Waals surface area (Å²) in [5.74, 6) is 0.834. The molecule has 0 bridgehead atoms. The van der Waals surface area contributed by atoms with Crippen LogP contribution in [0.15, 0.2) is 39.2 Å². The zero-order valence-electron chi connectivity index (χ0n) is 20.1. The number of carbonyl (C=O) groups is 1. The lowest BCUT2D eigenvalue weighted by Gasteiger charge is -2.37. The van der Waals surface area contributed by atoms with Crippen molar-refractivity contribution in [2.75, 3.05) is 26.3 Å². The highest BCUT2D eigenvalue weighted by Crippen LogP contribution is 2.35. The molecule has 0 aromatic carbocycles. The van der Waals surface area contributed by atoms with Gasteiger partial charge >= 0.3 is 0 Å².